The van der Waals surface area contributed by atoms with Gasteiger partial charge in [0, 0.05) is 11.3 Å². The molecule has 0 radical (unpaired) electrons. The van der Waals surface area contributed by atoms with Crippen molar-refractivity contribution in [3.63, 3.8) is 0 Å². The van der Waals surface area contributed by atoms with Crippen LogP contribution in [0.1, 0.15) is 26.7 Å². The van der Waals surface area contributed by atoms with Crippen LogP contribution in [0, 0.1) is 0 Å². The Kier molecular flexibility index (Phi) is 2.91. The first-order valence-electron chi connectivity index (χ1n) is 5.01. The number of rotatable bonds is 4. The predicted octanol–water partition coefficient (Wildman–Crippen LogP) is 2.55. The second-order valence-corrected chi connectivity index (χ2v) is 5.44. The van der Waals surface area contributed by atoms with Gasteiger partial charge in [0.2, 0.25) is 0 Å². The fraction of sp³-hybridized carbons (Fsp3) is 0.600. The summed E-state index contributed by atoms with van der Waals surface area (Å²) in [5.74, 6) is 0.903. The number of aromatic nitrogens is 2. The molecule has 4 heteroatoms. The first-order valence-corrected chi connectivity index (χ1v) is 5.89. The van der Waals surface area contributed by atoms with E-state index in [1.54, 1.807) is 11.8 Å². The van der Waals surface area contributed by atoms with E-state index in [0.29, 0.717) is 11.3 Å². The molecule has 0 aliphatic heterocycles. The summed E-state index contributed by atoms with van der Waals surface area (Å²) in [6.07, 6.45) is 2.54. The molecule has 1 aliphatic carbocycles. The van der Waals surface area contributed by atoms with Crippen molar-refractivity contribution in [2.24, 2.45) is 0 Å². The molecule has 2 rings (SSSR count). The minimum Gasteiger partial charge on any atom is -0.366 e. The van der Waals surface area contributed by atoms with Gasteiger partial charge in [0.1, 0.15) is 10.8 Å². The lowest BCUT2D eigenvalue weighted by molar-refractivity contribution is 0.914. The molecule has 1 aromatic heterocycles. The summed E-state index contributed by atoms with van der Waals surface area (Å²) < 4.78 is 0. The Morgan fingerprint density at radius 2 is 2.14 bits per heavy atom. The maximum Gasteiger partial charge on any atom is 0.148 e. The highest BCUT2D eigenvalue weighted by Crippen LogP contribution is 2.24. The summed E-state index contributed by atoms with van der Waals surface area (Å²) >= 11 is 1.74. The molecule has 0 amide bonds. The zero-order chi connectivity index (χ0) is 9.97. The first kappa shape index (κ1) is 9.77. The molecule has 0 atom stereocenters. The van der Waals surface area contributed by atoms with Crippen molar-refractivity contribution in [1.82, 2.24) is 10.2 Å². The number of nitrogens with one attached hydrogen (secondary N) is 1. The smallest absolute Gasteiger partial charge is 0.148 e. The quantitative estimate of drug-likeness (QED) is 0.773. The Morgan fingerprint density at radius 3 is 2.64 bits per heavy atom. The molecule has 1 aliphatic rings. The molecule has 3 nitrogen and oxygen atoms in total. The summed E-state index contributed by atoms with van der Waals surface area (Å²) in [5, 5.41) is 13.2. The number of hydrogen-bond donors (Lipinski definition) is 1. The Labute approximate surface area is 88.7 Å². The SMILES string of the molecule is CC(C)Sc1ccc(NC2CC2)nn1. The highest BCUT2D eigenvalue weighted by molar-refractivity contribution is 7.99. The van der Waals surface area contributed by atoms with Gasteiger partial charge in [-0.3, -0.25) is 0 Å². The van der Waals surface area contributed by atoms with Crippen molar-refractivity contribution in [2.75, 3.05) is 5.32 Å². The monoisotopic (exact) mass is 209 g/mol. The first-order chi connectivity index (χ1) is 6.74. The van der Waals surface area contributed by atoms with Gasteiger partial charge in [-0.15, -0.1) is 22.0 Å². The van der Waals surface area contributed by atoms with Crippen LogP contribution >= 0.6 is 11.8 Å². The van der Waals surface area contributed by atoms with E-state index in [9.17, 15) is 0 Å². The van der Waals surface area contributed by atoms with Gasteiger partial charge in [-0.05, 0) is 25.0 Å². The van der Waals surface area contributed by atoms with E-state index in [-0.39, 0.29) is 0 Å². The van der Waals surface area contributed by atoms with E-state index in [1.165, 1.54) is 12.8 Å². The minimum atomic E-state index is 0.562. The summed E-state index contributed by atoms with van der Waals surface area (Å²) in [6.45, 7) is 4.31. The molecule has 76 valence electrons. The third-order valence-electron chi connectivity index (χ3n) is 1.93. The van der Waals surface area contributed by atoms with E-state index in [2.05, 4.69) is 29.4 Å². The molecule has 0 aromatic carbocycles. The normalized spacial score (nSPS) is 15.9. The van der Waals surface area contributed by atoms with Gasteiger partial charge < -0.3 is 5.32 Å². The summed E-state index contributed by atoms with van der Waals surface area (Å²) in [4.78, 5) is 0. The van der Waals surface area contributed by atoms with Crippen LogP contribution in [-0.4, -0.2) is 21.5 Å². The summed E-state index contributed by atoms with van der Waals surface area (Å²) in [7, 11) is 0. The second kappa shape index (κ2) is 4.17. The molecular formula is C10H15N3S. The molecule has 1 aromatic rings. The third kappa shape index (κ3) is 2.87. The lowest BCUT2D eigenvalue weighted by atomic mass is 10.5. The van der Waals surface area contributed by atoms with Gasteiger partial charge >= 0.3 is 0 Å². The van der Waals surface area contributed by atoms with Crippen LogP contribution in [0.15, 0.2) is 17.2 Å². The van der Waals surface area contributed by atoms with Crippen molar-refractivity contribution in [3.05, 3.63) is 12.1 Å². The molecule has 1 saturated carbocycles. The molecule has 0 unspecified atom stereocenters. The van der Waals surface area contributed by atoms with Crippen molar-refractivity contribution in [3.8, 4) is 0 Å². The van der Waals surface area contributed by atoms with Gasteiger partial charge in [-0.2, -0.15) is 0 Å². The average Bonchev–Trinajstić information content (AvgIpc) is 2.91. The van der Waals surface area contributed by atoms with Crippen molar-refractivity contribution in [1.29, 1.82) is 0 Å². The zero-order valence-electron chi connectivity index (χ0n) is 8.53. The van der Waals surface area contributed by atoms with Crippen LogP contribution in [0.5, 0.6) is 0 Å². The molecule has 1 fully saturated rings. The standard InChI is InChI=1S/C10H15N3S/c1-7(2)14-10-6-5-9(12-13-10)11-8-3-4-8/h5-8H,3-4H2,1-2H3,(H,11,12). The van der Waals surface area contributed by atoms with Crippen LogP contribution in [0.3, 0.4) is 0 Å². The fourth-order valence-electron chi connectivity index (χ4n) is 1.14. The van der Waals surface area contributed by atoms with Crippen molar-refractivity contribution >= 4 is 17.6 Å². The van der Waals surface area contributed by atoms with Crippen molar-refractivity contribution in [2.45, 2.75) is 43.0 Å². The molecule has 0 bridgehead atoms. The number of nitrogens with zero attached hydrogens (tertiary/aromatic N) is 2. The van der Waals surface area contributed by atoms with Crippen LogP contribution in [-0.2, 0) is 0 Å². The van der Waals surface area contributed by atoms with Gasteiger partial charge in [-0.25, -0.2) is 0 Å². The number of hydrogen-bond acceptors (Lipinski definition) is 4. The van der Waals surface area contributed by atoms with Gasteiger partial charge in [0.25, 0.3) is 0 Å². The number of anilines is 1. The predicted molar refractivity (Wildman–Crippen MR) is 59.7 cm³/mol. The lowest BCUT2D eigenvalue weighted by Gasteiger charge is -2.05. The zero-order valence-corrected chi connectivity index (χ0v) is 9.34. The van der Waals surface area contributed by atoms with Crippen LogP contribution < -0.4 is 5.32 Å². The second-order valence-electron chi connectivity index (χ2n) is 3.84. The van der Waals surface area contributed by atoms with Gasteiger partial charge in [0.15, 0.2) is 0 Å². The molecule has 0 saturated heterocycles. The molecule has 0 spiro atoms. The fourth-order valence-corrected chi connectivity index (χ4v) is 1.86. The maximum atomic E-state index is 4.15. The number of thioether (sulfide) groups is 1. The minimum absolute atomic E-state index is 0.562. The van der Waals surface area contributed by atoms with Crippen molar-refractivity contribution < 1.29 is 0 Å². The Balaban J connectivity index is 1.94. The largest absolute Gasteiger partial charge is 0.366 e. The van der Waals surface area contributed by atoms with Gasteiger partial charge in [-0.1, -0.05) is 13.8 Å². The van der Waals surface area contributed by atoms with Crippen LogP contribution in [0.2, 0.25) is 0 Å². The summed E-state index contributed by atoms with van der Waals surface area (Å²) in [6, 6.07) is 4.69. The van der Waals surface area contributed by atoms with Gasteiger partial charge in [0.05, 0.1) is 0 Å². The summed E-state index contributed by atoms with van der Waals surface area (Å²) in [5.41, 5.74) is 0. The van der Waals surface area contributed by atoms with Crippen LogP contribution in [0.4, 0.5) is 5.82 Å². The molecule has 14 heavy (non-hydrogen) atoms. The molecule has 1 N–H and O–H groups in total. The van der Waals surface area contributed by atoms with E-state index >= 15 is 0 Å². The Hall–Kier alpha value is -0.770. The average molecular weight is 209 g/mol. The van der Waals surface area contributed by atoms with E-state index < -0.39 is 0 Å². The Bertz CT molecular complexity index is 270. The highest BCUT2D eigenvalue weighted by Gasteiger charge is 2.21. The lowest BCUT2D eigenvalue weighted by Crippen LogP contribution is -2.04. The highest BCUT2D eigenvalue weighted by atomic mass is 32.2. The third-order valence-corrected chi connectivity index (χ3v) is 2.86. The molecular weight excluding hydrogens is 194 g/mol. The maximum absolute atomic E-state index is 4.15. The van der Waals surface area contributed by atoms with Crippen LogP contribution in [0.25, 0.3) is 0 Å². The van der Waals surface area contributed by atoms with E-state index in [4.69, 9.17) is 0 Å². The van der Waals surface area contributed by atoms with E-state index in [1.807, 2.05) is 12.1 Å². The topological polar surface area (TPSA) is 37.8 Å². The molecule has 1 heterocycles. The van der Waals surface area contributed by atoms with E-state index in [0.717, 1.165) is 10.8 Å². The Morgan fingerprint density at radius 1 is 1.36 bits per heavy atom.